The molecule has 1 aromatic carbocycles. The van der Waals surface area contributed by atoms with E-state index in [9.17, 15) is 19.2 Å². The highest BCUT2D eigenvalue weighted by atomic mass is 16.5. The summed E-state index contributed by atoms with van der Waals surface area (Å²) in [5, 5.41) is 2.88. The van der Waals surface area contributed by atoms with Crippen molar-refractivity contribution >= 4 is 29.4 Å². The molecule has 2 aromatic rings. The van der Waals surface area contributed by atoms with E-state index in [1.54, 1.807) is 18.7 Å². The number of ether oxygens (including phenoxy) is 2. The van der Waals surface area contributed by atoms with E-state index in [0.29, 0.717) is 42.8 Å². The van der Waals surface area contributed by atoms with Gasteiger partial charge < -0.3 is 24.7 Å². The number of aryl methyl sites for hydroxylation is 2. The van der Waals surface area contributed by atoms with Crippen LogP contribution in [-0.4, -0.2) is 59.9 Å². The Hall–Kier alpha value is -3.62. The largest absolute Gasteiger partial charge is 0.465 e. The van der Waals surface area contributed by atoms with E-state index in [2.05, 4.69) is 10.3 Å². The van der Waals surface area contributed by atoms with Crippen LogP contribution < -0.4 is 5.32 Å². The molecule has 2 N–H and O–H groups in total. The molecule has 2 heterocycles. The van der Waals surface area contributed by atoms with Gasteiger partial charge in [0, 0.05) is 24.5 Å². The number of carbonyl (C=O) groups is 4. The molecule has 3 rings (SSSR count). The molecule has 0 aliphatic carbocycles. The third-order valence-electron chi connectivity index (χ3n) is 6.12. The lowest BCUT2D eigenvalue weighted by Crippen LogP contribution is -2.43. The van der Waals surface area contributed by atoms with Crippen molar-refractivity contribution in [3.63, 3.8) is 0 Å². The molecule has 182 valence electrons. The number of benzene rings is 1. The van der Waals surface area contributed by atoms with Gasteiger partial charge in [-0.25, -0.2) is 9.59 Å². The van der Waals surface area contributed by atoms with Crippen molar-refractivity contribution in [1.82, 2.24) is 9.88 Å². The van der Waals surface area contributed by atoms with Crippen LogP contribution in [0, 0.1) is 26.7 Å². The normalized spacial score (nSPS) is 14.9. The summed E-state index contributed by atoms with van der Waals surface area (Å²) in [6.07, 6.45) is -0.111. The number of carbonyl (C=O) groups excluding carboxylic acids is 4. The Labute approximate surface area is 198 Å². The summed E-state index contributed by atoms with van der Waals surface area (Å²) >= 11 is 0. The van der Waals surface area contributed by atoms with Crippen LogP contribution in [0.3, 0.4) is 0 Å². The minimum atomic E-state index is -1.02. The highest BCUT2D eigenvalue weighted by Crippen LogP contribution is 2.23. The summed E-state index contributed by atoms with van der Waals surface area (Å²) in [4.78, 5) is 54.6. The molecule has 1 aliphatic heterocycles. The molecule has 9 nitrogen and oxygen atoms in total. The molecule has 0 unspecified atom stereocenters. The average molecular weight is 470 g/mol. The quantitative estimate of drug-likeness (QED) is 0.491. The number of ketones is 1. The number of aromatic amines is 1. The van der Waals surface area contributed by atoms with Crippen molar-refractivity contribution in [3.05, 3.63) is 52.3 Å². The van der Waals surface area contributed by atoms with Gasteiger partial charge in [-0.3, -0.25) is 9.59 Å². The molecule has 0 saturated carbocycles. The number of rotatable bonds is 6. The Bertz CT molecular complexity index is 1100. The predicted molar refractivity (Wildman–Crippen MR) is 126 cm³/mol. The number of esters is 2. The molecule has 0 spiro atoms. The summed E-state index contributed by atoms with van der Waals surface area (Å²) in [6, 6.07) is 7.34. The van der Waals surface area contributed by atoms with Gasteiger partial charge in [-0.1, -0.05) is 12.1 Å². The van der Waals surface area contributed by atoms with Crippen LogP contribution in [0.4, 0.5) is 10.5 Å². The molecule has 1 saturated heterocycles. The van der Waals surface area contributed by atoms with Crippen molar-refractivity contribution < 1.29 is 28.7 Å². The first-order chi connectivity index (χ1) is 16.1. The maximum atomic E-state index is 12.9. The minimum absolute atomic E-state index is 0.208. The lowest BCUT2D eigenvalue weighted by atomic mass is 9.97. The van der Waals surface area contributed by atoms with Gasteiger partial charge in [0.05, 0.1) is 24.3 Å². The first-order valence-corrected chi connectivity index (χ1v) is 11.3. The first kappa shape index (κ1) is 25.0. The number of hydrogen-bond donors (Lipinski definition) is 2. The molecule has 0 bridgehead atoms. The summed E-state index contributed by atoms with van der Waals surface area (Å²) < 4.78 is 10.2. The molecular weight excluding hydrogens is 438 g/mol. The minimum Gasteiger partial charge on any atom is -0.465 e. The number of likely N-dealkylation sites (tertiary alicyclic amines) is 1. The van der Waals surface area contributed by atoms with Crippen molar-refractivity contribution in [2.45, 2.75) is 46.6 Å². The van der Waals surface area contributed by atoms with Crippen LogP contribution in [0.25, 0.3) is 0 Å². The number of H-pyrrole nitrogens is 1. The molecule has 0 radical (unpaired) electrons. The highest BCUT2D eigenvalue weighted by Gasteiger charge is 2.32. The van der Waals surface area contributed by atoms with Crippen molar-refractivity contribution in [2.24, 2.45) is 5.92 Å². The van der Waals surface area contributed by atoms with E-state index in [0.717, 1.165) is 11.3 Å². The molecule has 2 amide bonds. The van der Waals surface area contributed by atoms with Gasteiger partial charge >= 0.3 is 18.0 Å². The summed E-state index contributed by atoms with van der Waals surface area (Å²) in [7, 11) is 1.28. The Kier molecular flexibility index (Phi) is 7.75. The number of urea groups is 1. The highest BCUT2D eigenvalue weighted by molar-refractivity contribution is 6.04. The standard InChI is InChI=1S/C25H31N3O6/c1-14-7-6-8-19(13-14)27-25(32)28-11-9-18(10-12-28)23(30)34-17(4)22(29)21-15(2)20(16(3)26-21)24(31)33-5/h6-8,13,17-18,26H,9-12H2,1-5H3,(H,27,32)/t17-/m0/s1. The number of nitrogens with zero attached hydrogens (tertiary/aromatic N) is 1. The van der Waals surface area contributed by atoms with Gasteiger partial charge in [0.25, 0.3) is 0 Å². The van der Waals surface area contributed by atoms with Gasteiger partial charge in [0.2, 0.25) is 5.78 Å². The van der Waals surface area contributed by atoms with Gasteiger partial charge in [0.1, 0.15) is 0 Å². The number of hydrogen-bond acceptors (Lipinski definition) is 6. The van der Waals surface area contributed by atoms with Crippen molar-refractivity contribution in [2.75, 3.05) is 25.5 Å². The van der Waals surface area contributed by atoms with Gasteiger partial charge in [-0.2, -0.15) is 0 Å². The Balaban J connectivity index is 1.54. The Morgan fingerprint density at radius 3 is 2.41 bits per heavy atom. The summed E-state index contributed by atoms with van der Waals surface area (Å²) in [5.41, 5.74) is 3.28. The second-order valence-electron chi connectivity index (χ2n) is 8.62. The second kappa shape index (κ2) is 10.5. The van der Waals surface area contributed by atoms with Crippen molar-refractivity contribution in [3.8, 4) is 0 Å². The zero-order valence-corrected chi connectivity index (χ0v) is 20.2. The maximum absolute atomic E-state index is 12.9. The fraction of sp³-hybridized carbons (Fsp3) is 0.440. The van der Waals surface area contributed by atoms with Crippen LogP contribution in [0.15, 0.2) is 24.3 Å². The second-order valence-corrected chi connectivity index (χ2v) is 8.62. The van der Waals surface area contributed by atoms with Crippen LogP contribution in [0.2, 0.25) is 0 Å². The van der Waals surface area contributed by atoms with Crippen LogP contribution in [0.5, 0.6) is 0 Å². The Morgan fingerprint density at radius 1 is 1.12 bits per heavy atom. The van der Waals surface area contributed by atoms with Crippen molar-refractivity contribution in [1.29, 1.82) is 0 Å². The third kappa shape index (κ3) is 5.47. The van der Waals surface area contributed by atoms with E-state index in [1.807, 2.05) is 31.2 Å². The number of Topliss-reactive ketones (excluding diaryl/α,β-unsaturated/α-hetero) is 1. The average Bonchev–Trinajstić information content (AvgIpc) is 3.11. The molecule has 1 fully saturated rings. The van der Waals surface area contributed by atoms with Crippen LogP contribution in [0.1, 0.15) is 57.4 Å². The van der Waals surface area contributed by atoms with Gasteiger partial charge in [0.15, 0.2) is 6.10 Å². The maximum Gasteiger partial charge on any atom is 0.339 e. The summed E-state index contributed by atoms with van der Waals surface area (Å²) in [5.74, 6) is -1.81. The molecule has 1 aliphatic rings. The van der Waals surface area contributed by atoms with Gasteiger partial charge in [-0.05, 0) is 63.8 Å². The number of piperidine rings is 1. The molecular formula is C25H31N3O6. The zero-order valence-electron chi connectivity index (χ0n) is 20.2. The lowest BCUT2D eigenvalue weighted by molar-refractivity contribution is -0.152. The van der Waals surface area contributed by atoms with Gasteiger partial charge in [-0.15, -0.1) is 0 Å². The monoisotopic (exact) mass is 469 g/mol. The third-order valence-corrected chi connectivity index (χ3v) is 6.12. The molecule has 9 heteroatoms. The fourth-order valence-electron chi connectivity index (χ4n) is 4.18. The molecule has 1 atom stereocenters. The molecule has 1 aromatic heterocycles. The van der Waals surface area contributed by atoms with E-state index < -0.39 is 29.7 Å². The number of methoxy groups -OCH3 is 1. The number of anilines is 1. The molecule has 34 heavy (non-hydrogen) atoms. The van der Waals surface area contributed by atoms with Crippen LogP contribution >= 0.6 is 0 Å². The Morgan fingerprint density at radius 2 is 1.79 bits per heavy atom. The predicted octanol–water partition coefficient (Wildman–Crippen LogP) is 3.79. The summed E-state index contributed by atoms with van der Waals surface area (Å²) in [6.45, 7) is 7.62. The van der Waals surface area contributed by atoms with E-state index in [1.165, 1.54) is 14.0 Å². The fourth-order valence-corrected chi connectivity index (χ4v) is 4.18. The first-order valence-electron chi connectivity index (χ1n) is 11.3. The smallest absolute Gasteiger partial charge is 0.339 e. The topological polar surface area (TPSA) is 118 Å². The van der Waals surface area contributed by atoms with E-state index in [-0.39, 0.29) is 11.7 Å². The SMILES string of the molecule is COC(=O)c1c(C)[nH]c(C(=O)[C@H](C)OC(=O)C2CCN(C(=O)Nc3cccc(C)c3)CC2)c1C. The van der Waals surface area contributed by atoms with Crippen LogP contribution in [-0.2, 0) is 14.3 Å². The number of nitrogens with one attached hydrogen (secondary N) is 2. The van der Waals surface area contributed by atoms with E-state index >= 15 is 0 Å². The number of aromatic nitrogens is 1. The lowest BCUT2D eigenvalue weighted by Gasteiger charge is -2.31. The zero-order chi connectivity index (χ0) is 25.0. The number of amides is 2. The van der Waals surface area contributed by atoms with E-state index in [4.69, 9.17) is 9.47 Å².